The fraction of sp³-hybridized carbons (Fsp3) is 0.167. The van der Waals surface area contributed by atoms with Gasteiger partial charge in [0.1, 0.15) is 11.4 Å². The SMILES string of the molecule is COc1cccc(-c2cc(C=O)nn2C)c1. The van der Waals surface area contributed by atoms with E-state index in [4.69, 9.17) is 4.74 Å². The molecule has 0 saturated heterocycles. The number of carbonyl (C=O) groups excluding carboxylic acids is 1. The van der Waals surface area contributed by atoms with Crippen LogP contribution in [0.5, 0.6) is 5.75 Å². The van der Waals surface area contributed by atoms with Crippen molar-refractivity contribution in [3.05, 3.63) is 36.0 Å². The summed E-state index contributed by atoms with van der Waals surface area (Å²) in [5, 5.41) is 4.07. The quantitative estimate of drug-likeness (QED) is 0.736. The van der Waals surface area contributed by atoms with Gasteiger partial charge in [-0.15, -0.1) is 0 Å². The highest BCUT2D eigenvalue weighted by Crippen LogP contribution is 2.23. The smallest absolute Gasteiger partial charge is 0.170 e. The molecule has 0 bridgehead atoms. The zero-order valence-electron chi connectivity index (χ0n) is 9.18. The fourth-order valence-corrected chi connectivity index (χ4v) is 1.60. The van der Waals surface area contributed by atoms with Crippen LogP contribution in [0.25, 0.3) is 11.3 Å². The Labute approximate surface area is 93.5 Å². The molecule has 0 aliphatic carbocycles. The average Bonchev–Trinajstić information content (AvgIpc) is 2.71. The van der Waals surface area contributed by atoms with Crippen LogP contribution in [0, 0.1) is 0 Å². The topological polar surface area (TPSA) is 44.1 Å². The molecule has 0 aliphatic rings. The largest absolute Gasteiger partial charge is 0.497 e. The Morgan fingerprint density at radius 2 is 2.19 bits per heavy atom. The highest BCUT2D eigenvalue weighted by molar-refractivity contribution is 5.75. The number of benzene rings is 1. The Balaban J connectivity index is 2.48. The second-order valence-corrected chi connectivity index (χ2v) is 3.43. The number of aromatic nitrogens is 2. The summed E-state index contributed by atoms with van der Waals surface area (Å²) in [6, 6.07) is 9.39. The Bertz CT molecular complexity index is 517. The normalized spacial score (nSPS) is 10.1. The lowest BCUT2D eigenvalue weighted by molar-refractivity contribution is 0.111. The molecule has 2 rings (SSSR count). The third-order valence-electron chi connectivity index (χ3n) is 2.38. The zero-order valence-corrected chi connectivity index (χ0v) is 9.18. The number of aldehydes is 1. The highest BCUT2D eigenvalue weighted by atomic mass is 16.5. The van der Waals surface area contributed by atoms with Gasteiger partial charge in [-0.1, -0.05) is 12.1 Å². The molecule has 1 aromatic carbocycles. The third-order valence-corrected chi connectivity index (χ3v) is 2.38. The highest BCUT2D eigenvalue weighted by Gasteiger charge is 2.07. The van der Waals surface area contributed by atoms with Crippen LogP contribution in [0.3, 0.4) is 0 Å². The number of carbonyl (C=O) groups is 1. The Kier molecular flexibility index (Phi) is 2.72. The van der Waals surface area contributed by atoms with E-state index in [-0.39, 0.29) is 0 Å². The van der Waals surface area contributed by atoms with Crippen LogP contribution in [-0.2, 0) is 7.05 Å². The average molecular weight is 216 g/mol. The number of hydrogen-bond donors (Lipinski definition) is 0. The van der Waals surface area contributed by atoms with Gasteiger partial charge in [-0.2, -0.15) is 5.10 Å². The van der Waals surface area contributed by atoms with Crippen LogP contribution in [-0.4, -0.2) is 23.2 Å². The van der Waals surface area contributed by atoms with Crippen molar-refractivity contribution < 1.29 is 9.53 Å². The molecule has 0 aliphatic heterocycles. The van der Waals surface area contributed by atoms with E-state index in [0.29, 0.717) is 5.69 Å². The van der Waals surface area contributed by atoms with Gasteiger partial charge in [0.2, 0.25) is 0 Å². The van der Waals surface area contributed by atoms with Gasteiger partial charge in [0.15, 0.2) is 6.29 Å². The molecule has 1 heterocycles. The minimum Gasteiger partial charge on any atom is -0.497 e. The van der Waals surface area contributed by atoms with Crippen LogP contribution < -0.4 is 4.74 Å². The van der Waals surface area contributed by atoms with Crippen LogP contribution in [0.2, 0.25) is 0 Å². The number of methoxy groups -OCH3 is 1. The van der Waals surface area contributed by atoms with Crippen LogP contribution in [0.4, 0.5) is 0 Å². The minimum atomic E-state index is 0.431. The first-order valence-electron chi connectivity index (χ1n) is 4.88. The van der Waals surface area contributed by atoms with E-state index < -0.39 is 0 Å². The summed E-state index contributed by atoms with van der Waals surface area (Å²) in [6.45, 7) is 0. The molecular weight excluding hydrogens is 204 g/mol. The van der Waals surface area contributed by atoms with Gasteiger partial charge in [-0.05, 0) is 18.2 Å². The van der Waals surface area contributed by atoms with Crippen molar-refractivity contribution in [2.24, 2.45) is 7.05 Å². The van der Waals surface area contributed by atoms with E-state index in [1.54, 1.807) is 17.9 Å². The number of ether oxygens (including phenoxy) is 1. The number of nitrogens with zero attached hydrogens (tertiary/aromatic N) is 2. The Morgan fingerprint density at radius 3 is 2.81 bits per heavy atom. The maximum absolute atomic E-state index is 10.6. The van der Waals surface area contributed by atoms with Crippen molar-refractivity contribution in [1.82, 2.24) is 9.78 Å². The van der Waals surface area contributed by atoms with Crippen molar-refractivity contribution in [3.63, 3.8) is 0 Å². The van der Waals surface area contributed by atoms with Gasteiger partial charge in [0.25, 0.3) is 0 Å². The molecular formula is C12H12N2O2. The molecule has 0 saturated carbocycles. The molecule has 0 radical (unpaired) electrons. The van der Waals surface area contributed by atoms with Gasteiger partial charge in [-0.3, -0.25) is 9.48 Å². The fourth-order valence-electron chi connectivity index (χ4n) is 1.60. The van der Waals surface area contributed by atoms with Crippen molar-refractivity contribution in [2.75, 3.05) is 7.11 Å². The summed E-state index contributed by atoms with van der Waals surface area (Å²) in [5.74, 6) is 0.784. The zero-order chi connectivity index (χ0) is 11.5. The summed E-state index contributed by atoms with van der Waals surface area (Å²) in [5.41, 5.74) is 2.30. The van der Waals surface area contributed by atoms with Gasteiger partial charge >= 0.3 is 0 Å². The third kappa shape index (κ3) is 1.82. The van der Waals surface area contributed by atoms with Crippen molar-refractivity contribution in [2.45, 2.75) is 0 Å². The number of aryl methyl sites for hydroxylation is 1. The first kappa shape index (κ1) is 10.4. The van der Waals surface area contributed by atoms with Gasteiger partial charge in [0.05, 0.1) is 12.8 Å². The van der Waals surface area contributed by atoms with Gasteiger partial charge in [-0.25, -0.2) is 0 Å². The maximum Gasteiger partial charge on any atom is 0.170 e. The minimum absolute atomic E-state index is 0.431. The molecule has 0 fully saturated rings. The second kappa shape index (κ2) is 4.18. The molecule has 0 atom stereocenters. The Morgan fingerprint density at radius 1 is 1.38 bits per heavy atom. The van der Waals surface area contributed by atoms with E-state index in [1.165, 1.54) is 0 Å². The molecule has 4 heteroatoms. The molecule has 0 N–H and O–H groups in total. The van der Waals surface area contributed by atoms with Crippen molar-refractivity contribution in [3.8, 4) is 17.0 Å². The Hall–Kier alpha value is -2.10. The summed E-state index contributed by atoms with van der Waals surface area (Å²) in [6.07, 6.45) is 0.740. The molecule has 16 heavy (non-hydrogen) atoms. The maximum atomic E-state index is 10.6. The molecule has 4 nitrogen and oxygen atoms in total. The first-order valence-corrected chi connectivity index (χ1v) is 4.88. The van der Waals surface area contributed by atoms with Crippen molar-refractivity contribution >= 4 is 6.29 Å². The van der Waals surface area contributed by atoms with Crippen LogP contribution in [0.15, 0.2) is 30.3 Å². The van der Waals surface area contributed by atoms with E-state index in [0.717, 1.165) is 23.3 Å². The molecule has 2 aromatic rings. The molecule has 0 spiro atoms. The van der Waals surface area contributed by atoms with E-state index in [9.17, 15) is 4.79 Å². The molecule has 0 unspecified atom stereocenters. The summed E-state index contributed by atoms with van der Waals surface area (Å²) in [7, 11) is 3.43. The van der Waals surface area contributed by atoms with E-state index in [1.807, 2.05) is 31.3 Å². The lowest BCUT2D eigenvalue weighted by atomic mass is 10.1. The molecule has 82 valence electrons. The monoisotopic (exact) mass is 216 g/mol. The van der Waals surface area contributed by atoms with E-state index >= 15 is 0 Å². The molecule has 1 aromatic heterocycles. The second-order valence-electron chi connectivity index (χ2n) is 3.43. The lowest BCUT2D eigenvalue weighted by Gasteiger charge is -2.04. The lowest BCUT2D eigenvalue weighted by Crippen LogP contribution is -1.94. The summed E-state index contributed by atoms with van der Waals surface area (Å²) < 4.78 is 6.83. The molecule has 0 amide bonds. The van der Waals surface area contributed by atoms with Gasteiger partial charge in [0, 0.05) is 12.6 Å². The standard InChI is InChI=1S/C12H12N2O2/c1-14-12(7-10(8-15)13-14)9-4-3-5-11(6-9)16-2/h3-8H,1-2H3. The summed E-state index contributed by atoms with van der Waals surface area (Å²) >= 11 is 0. The predicted octanol–water partition coefficient (Wildman–Crippen LogP) is 1.91. The number of rotatable bonds is 3. The summed E-state index contributed by atoms with van der Waals surface area (Å²) in [4.78, 5) is 10.6. The first-order chi connectivity index (χ1) is 7.74. The van der Waals surface area contributed by atoms with Gasteiger partial charge < -0.3 is 4.74 Å². The van der Waals surface area contributed by atoms with Crippen LogP contribution >= 0.6 is 0 Å². The predicted molar refractivity (Wildman–Crippen MR) is 60.6 cm³/mol. The van der Waals surface area contributed by atoms with Crippen LogP contribution in [0.1, 0.15) is 10.5 Å². The van der Waals surface area contributed by atoms with Crippen molar-refractivity contribution in [1.29, 1.82) is 0 Å². The number of hydrogen-bond acceptors (Lipinski definition) is 3. The van der Waals surface area contributed by atoms with E-state index in [2.05, 4.69) is 5.10 Å².